The minimum absolute atomic E-state index is 0.108. The third-order valence-corrected chi connectivity index (χ3v) is 7.56. The van der Waals surface area contributed by atoms with Crippen molar-refractivity contribution in [2.45, 2.75) is 19.0 Å². The largest absolute Gasteiger partial charge is 0.357 e. The van der Waals surface area contributed by atoms with Crippen molar-refractivity contribution in [2.24, 2.45) is 0 Å². The molecule has 1 atom stereocenters. The molecule has 0 saturated carbocycles. The van der Waals surface area contributed by atoms with E-state index in [1.54, 1.807) is 18.2 Å². The molecule has 36 heavy (non-hydrogen) atoms. The molecular weight excluding hydrogens is 566 g/mol. The summed E-state index contributed by atoms with van der Waals surface area (Å²) in [5, 5.41) is 2.84. The number of carbonyl (C=O) groups is 2. The van der Waals surface area contributed by atoms with Crippen molar-refractivity contribution in [3.63, 3.8) is 0 Å². The topological polar surface area (TPSA) is 86.8 Å². The van der Waals surface area contributed by atoms with Crippen LogP contribution in [0.3, 0.4) is 0 Å². The Hall–Kier alpha value is -2.88. The first-order chi connectivity index (χ1) is 17.1. The number of nitrogens with one attached hydrogen (secondary N) is 1. The Balaban J connectivity index is 2.03. The van der Waals surface area contributed by atoms with E-state index in [0.29, 0.717) is 0 Å². The molecule has 0 heterocycles. The third-order valence-electron chi connectivity index (χ3n) is 5.58. The fourth-order valence-electron chi connectivity index (χ4n) is 3.76. The predicted octanol–water partition coefficient (Wildman–Crippen LogP) is 4.25. The summed E-state index contributed by atoms with van der Waals surface area (Å²) >= 11 is 9.68. The monoisotopic (exact) mass is 591 g/mol. The van der Waals surface area contributed by atoms with Gasteiger partial charge in [-0.1, -0.05) is 82.1 Å². The van der Waals surface area contributed by atoms with Gasteiger partial charge in [-0.2, -0.15) is 0 Å². The molecule has 0 bridgehead atoms. The molecule has 3 aromatic carbocycles. The number of halogens is 2. The fourth-order valence-corrected chi connectivity index (χ4v) is 5.17. The lowest BCUT2D eigenvalue weighted by Gasteiger charge is -2.33. The summed E-state index contributed by atoms with van der Waals surface area (Å²) in [6.07, 6.45) is 1.27. The molecular formula is C26H27BrClN3O4S. The maximum Gasteiger partial charge on any atom is 0.244 e. The quantitative estimate of drug-likeness (QED) is 0.381. The SMILES string of the molecule is CNC(=O)[C@@H](Cc1ccccc1)N(Cc1ccc(Br)cc1)C(=O)CN(c1ccccc1Cl)S(C)(=O)=O. The number of carbonyl (C=O) groups excluding carboxylic acids is 2. The number of anilines is 1. The molecule has 1 N–H and O–H groups in total. The first-order valence-electron chi connectivity index (χ1n) is 11.1. The lowest BCUT2D eigenvalue weighted by atomic mass is 10.0. The first-order valence-corrected chi connectivity index (χ1v) is 14.1. The molecule has 10 heteroatoms. The van der Waals surface area contributed by atoms with Crippen LogP contribution < -0.4 is 9.62 Å². The predicted molar refractivity (Wildman–Crippen MR) is 146 cm³/mol. The van der Waals surface area contributed by atoms with Gasteiger partial charge in [-0.05, 0) is 35.4 Å². The number of hydrogen-bond donors (Lipinski definition) is 1. The molecule has 0 saturated heterocycles. The van der Waals surface area contributed by atoms with Crippen molar-refractivity contribution in [3.05, 3.63) is 99.5 Å². The van der Waals surface area contributed by atoms with Crippen molar-refractivity contribution in [1.82, 2.24) is 10.2 Å². The highest BCUT2D eigenvalue weighted by molar-refractivity contribution is 9.10. The van der Waals surface area contributed by atoms with Gasteiger partial charge in [0.05, 0.1) is 17.0 Å². The minimum atomic E-state index is -3.86. The van der Waals surface area contributed by atoms with Crippen molar-refractivity contribution >= 4 is 55.1 Å². The van der Waals surface area contributed by atoms with Crippen LogP contribution in [0.25, 0.3) is 0 Å². The van der Waals surface area contributed by atoms with E-state index in [1.807, 2.05) is 54.6 Å². The van der Waals surface area contributed by atoms with Gasteiger partial charge in [-0.15, -0.1) is 0 Å². The average Bonchev–Trinajstić information content (AvgIpc) is 2.85. The molecule has 0 radical (unpaired) electrons. The van der Waals surface area contributed by atoms with E-state index in [-0.39, 0.29) is 29.6 Å². The second-order valence-electron chi connectivity index (χ2n) is 8.19. The lowest BCUT2D eigenvalue weighted by Crippen LogP contribution is -2.52. The smallest absolute Gasteiger partial charge is 0.244 e. The van der Waals surface area contributed by atoms with Gasteiger partial charge in [0, 0.05) is 24.5 Å². The zero-order valence-corrected chi connectivity index (χ0v) is 23.1. The van der Waals surface area contributed by atoms with E-state index >= 15 is 0 Å². The Morgan fingerprint density at radius 2 is 1.56 bits per heavy atom. The third kappa shape index (κ3) is 7.32. The van der Waals surface area contributed by atoms with Gasteiger partial charge in [0.15, 0.2) is 0 Å². The molecule has 0 spiro atoms. The van der Waals surface area contributed by atoms with E-state index in [4.69, 9.17) is 11.6 Å². The molecule has 190 valence electrons. The number of benzene rings is 3. The number of hydrogen-bond acceptors (Lipinski definition) is 4. The van der Waals surface area contributed by atoms with Gasteiger partial charge in [-0.3, -0.25) is 13.9 Å². The van der Waals surface area contributed by atoms with Crippen LogP contribution in [0.1, 0.15) is 11.1 Å². The second-order valence-corrected chi connectivity index (χ2v) is 11.4. The van der Waals surface area contributed by atoms with E-state index in [0.717, 1.165) is 26.2 Å². The number of rotatable bonds is 10. The highest BCUT2D eigenvalue weighted by atomic mass is 79.9. The number of amides is 2. The van der Waals surface area contributed by atoms with Crippen molar-refractivity contribution < 1.29 is 18.0 Å². The molecule has 0 aliphatic heterocycles. The van der Waals surface area contributed by atoms with Crippen LogP contribution in [0.15, 0.2) is 83.3 Å². The highest BCUT2D eigenvalue weighted by Crippen LogP contribution is 2.27. The molecule has 0 aromatic heterocycles. The first kappa shape index (κ1) is 27.7. The van der Waals surface area contributed by atoms with Crippen LogP contribution >= 0.6 is 27.5 Å². The Morgan fingerprint density at radius 3 is 2.14 bits per heavy atom. The van der Waals surface area contributed by atoms with E-state index in [9.17, 15) is 18.0 Å². The number of para-hydroxylation sites is 1. The lowest BCUT2D eigenvalue weighted by molar-refractivity contribution is -0.139. The Kier molecular flexibility index (Phi) is 9.53. The zero-order valence-electron chi connectivity index (χ0n) is 19.9. The summed E-state index contributed by atoms with van der Waals surface area (Å²) in [5.41, 5.74) is 1.85. The summed E-state index contributed by atoms with van der Waals surface area (Å²) in [6, 6.07) is 22.3. The number of sulfonamides is 1. The molecule has 0 aliphatic carbocycles. The molecule has 7 nitrogen and oxygen atoms in total. The maximum atomic E-state index is 13.8. The minimum Gasteiger partial charge on any atom is -0.357 e. The van der Waals surface area contributed by atoms with Crippen molar-refractivity contribution in [2.75, 3.05) is 24.2 Å². The van der Waals surface area contributed by atoms with Crippen LogP contribution in [0.2, 0.25) is 5.02 Å². The highest BCUT2D eigenvalue weighted by Gasteiger charge is 2.33. The zero-order chi connectivity index (χ0) is 26.3. The van der Waals surface area contributed by atoms with Crippen LogP contribution in [0, 0.1) is 0 Å². The van der Waals surface area contributed by atoms with Crippen LogP contribution in [-0.2, 0) is 32.6 Å². The molecule has 3 rings (SSSR count). The van der Waals surface area contributed by atoms with E-state index in [1.165, 1.54) is 18.0 Å². The van der Waals surface area contributed by atoms with E-state index < -0.39 is 28.5 Å². The summed E-state index contributed by atoms with van der Waals surface area (Å²) < 4.78 is 27.2. The van der Waals surface area contributed by atoms with Gasteiger partial charge < -0.3 is 10.2 Å². The fraction of sp³-hybridized carbons (Fsp3) is 0.231. The van der Waals surface area contributed by atoms with Crippen LogP contribution in [0.4, 0.5) is 5.69 Å². The number of likely N-dealkylation sites (N-methyl/N-ethyl adjacent to an activating group) is 1. The van der Waals surface area contributed by atoms with Gasteiger partial charge in [0.1, 0.15) is 12.6 Å². The van der Waals surface area contributed by atoms with E-state index in [2.05, 4.69) is 21.2 Å². The molecule has 0 unspecified atom stereocenters. The maximum absolute atomic E-state index is 13.8. The standard InChI is InChI=1S/C26H27BrClN3O4S/c1-29-26(33)24(16-19-8-4-3-5-9-19)30(17-20-12-14-21(27)15-13-20)25(32)18-31(36(2,34)35)23-11-7-6-10-22(23)28/h3-15,24H,16-18H2,1-2H3,(H,29,33)/t24-/m1/s1. The normalized spacial score (nSPS) is 12.0. The second kappa shape index (κ2) is 12.4. The van der Waals surface area contributed by atoms with Gasteiger partial charge in [-0.25, -0.2) is 8.42 Å². The van der Waals surface area contributed by atoms with Crippen molar-refractivity contribution in [3.8, 4) is 0 Å². The summed E-state index contributed by atoms with van der Waals surface area (Å²) in [4.78, 5) is 28.3. The van der Waals surface area contributed by atoms with Gasteiger partial charge >= 0.3 is 0 Å². The number of nitrogens with zero attached hydrogens (tertiary/aromatic N) is 2. The Morgan fingerprint density at radius 1 is 0.944 bits per heavy atom. The Bertz CT molecular complexity index is 1300. The molecule has 2 amide bonds. The molecule has 3 aromatic rings. The van der Waals surface area contributed by atoms with Crippen LogP contribution in [0.5, 0.6) is 0 Å². The average molecular weight is 593 g/mol. The summed E-state index contributed by atoms with van der Waals surface area (Å²) in [6.45, 7) is -0.404. The molecule has 0 aliphatic rings. The van der Waals surface area contributed by atoms with Gasteiger partial charge in [0.25, 0.3) is 0 Å². The molecule has 0 fully saturated rings. The summed E-state index contributed by atoms with van der Waals surface area (Å²) in [5.74, 6) is -0.888. The summed E-state index contributed by atoms with van der Waals surface area (Å²) in [7, 11) is -2.35. The van der Waals surface area contributed by atoms with Gasteiger partial charge in [0.2, 0.25) is 21.8 Å². The van der Waals surface area contributed by atoms with Crippen molar-refractivity contribution in [1.29, 1.82) is 0 Å². The Labute approximate surface area is 225 Å². The van der Waals surface area contributed by atoms with Crippen LogP contribution in [-0.4, -0.2) is 51.0 Å².